The lowest BCUT2D eigenvalue weighted by molar-refractivity contribution is 1.12. The fraction of sp³-hybridized carbons (Fsp3) is 0.200. The van der Waals surface area contributed by atoms with E-state index in [0.29, 0.717) is 0 Å². The Balaban J connectivity index is 2.32. The smallest absolute Gasteiger partial charge is 0.129 e. The molecule has 2 aromatic heterocycles. The molecule has 0 aliphatic carbocycles. The highest BCUT2D eigenvalue weighted by molar-refractivity contribution is 7.19. The van der Waals surface area contributed by atoms with E-state index in [2.05, 4.69) is 15.3 Å². The summed E-state index contributed by atoms with van der Waals surface area (Å²) in [6.07, 6.45) is 1.56. The second kappa shape index (κ2) is 4.59. The molecule has 0 saturated heterocycles. The van der Waals surface area contributed by atoms with Crippen molar-refractivity contribution in [3.63, 3.8) is 0 Å². The van der Waals surface area contributed by atoms with E-state index >= 15 is 0 Å². The van der Waals surface area contributed by atoms with E-state index in [1.165, 1.54) is 11.3 Å². The average Bonchev–Trinajstić information content (AvgIpc) is 2.66. The number of rotatable bonds is 3. The van der Waals surface area contributed by atoms with Crippen LogP contribution in [0.3, 0.4) is 0 Å². The number of nitrogens with zero attached hydrogens (tertiary/aromatic N) is 2. The van der Waals surface area contributed by atoms with Gasteiger partial charge in [0.15, 0.2) is 0 Å². The van der Waals surface area contributed by atoms with Crippen molar-refractivity contribution >= 4 is 28.8 Å². The molecule has 0 aromatic carbocycles. The molecule has 0 saturated carbocycles. The summed E-state index contributed by atoms with van der Waals surface area (Å²) in [4.78, 5) is 9.37. The lowest BCUT2D eigenvalue weighted by Crippen LogP contribution is -1.99. The molecule has 3 nitrogen and oxygen atoms in total. The van der Waals surface area contributed by atoms with Crippen LogP contribution in [0.4, 0.5) is 5.82 Å². The second-order valence-electron chi connectivity index (χ2n) is 2.92. The lowest BCUT2D eigenvalue weighted by atomic mass is 10.3. The number of nitrogens with one attached hydrogen (secondary N) is 1. The van der Waals surface area contributed by atoms with Crippen LogP contribution in [-0.2, 0) is 0 Å². The van der Waals surface area contributed by atoms with Crippen molar-refractivity contribution in [1.29, 1.82) is 0 Å². The monoisotopic (exact) mass is 239 g/mol. The largest absolute Gasteiger partial charge is 0.370 e. The normalized spacial score (nSPS) is 10.3. The molecule has 0 fully saturated rings. The minimum Gasteiger partial charge on any atom is -0.370 e. The Bertz CT molecular complexity index is 455. The van der Waals surface area contributed by atoms with Gasteiger partial charge in [-0.1, -0.05) is 11.6 Å². The van der Waals surface area contributed by atoms with Crippen molar-refractivity contribution in [3.05, 3.63) is 28.9 Å². The molecule has 0 bridgehead atoms. The van der Waals surface area contributed by atoms with Gasteiger partial charge in [-0.2, -0.15) is 0 Å². The molecule has 0 aliphatic rings. The SMILES string of the molecule is CCNc1cc(-c2ccc(Cl)s2)ncn1. The van der Waals surface area contributed by atoms with Crippen molar-refractivity contribution in [2.24, 2.45) is 0 Å². The standard InChI is InChI=1S/C10H10ClN3S/c1-2-12-10-5-7(13-6-14-10)8-3-4-9(11)15-8/h3-6H,2H2,1H3,(H,12,13,14). The summed E-state index contributed by atoms with van der Waals surface area (Å²) in [7, 11) is 0. The molecule has 5 heteroatoms. The first-order valence-corrected chi connectivity index (χ1v) is 5.80. The first-order chi connectivity index (χ1) is 7.29. The summed E-state index contributed by atoms with van der Waals surface area (Å²) in [5.74, 6) is 0.840. The van der Waals surface area contributed by atoms with Crippen molar-refractivity contribution in [3.8, 4) is 10.6 Å². The Morgan fingerprint density at radius 1 is 1.40 bits per heavy atom. The Hall–Kier alpha value is -1.13. The summed E-state index contributed by atoms with van der Waals surface area (Å²) in [5.41, 5.74) is 0.901. The van der Waals surface area contributed by atoms with Crippen LogP contribution in [0, 0.1) is 0 Å². The van der Waals surface area contributed by atoms with Gasteiger partial charge in [0, 0.05) is 12.6 Å². The molecule has 2 rings (SSSR count). The van der Waals surface area contributed by atoms with Crippen molar-refractivity contribution < 1.29 is 0 Å². The number of thiophene rings is 1. The number of hydrogen-bond donors (Lipinski definition) is 1. The van der Waals surface area contributed by atoms with Crippen molar-refractivity contribution in [1.82, 2.24) is 9.97 Å². The zero-order valence-corrected chi connectivity index (χ0v) is 9.77. The van der Waals surface area contributed by atoms with Crippen LogP contribution in [0.5, 0.6) is 0 Å². The van der Waals surface area contributed by atoms with E-state index in [-0.39, 0.29) is 0 Å². The first kappa shape index (κ1) is 10.4. The summed E-state index contributed by atoms with van der Waals surface area (Å²) in [6.45, 7) is 2.88. The molecular weight excluding hydrogens is 230 g/mol. The maximum Gasteiger partial charge on any atom is 0.129 e. The molecule has 0 amide bonds. The van der Waals surface area contributed by atoms with Gasteiger partial charge in [-0.05, 0) is 19.1 Å². The van der Waals surface area contributed by atoms with E-state index in [0.717, 1.165) is 27.3 Å². The van der Waals surface area contributed by atoms with Gasteiger partial charge in [0.25, 0.3) is 0 Å². The third kappa shape index (κ3) is 2.46. The van der Waals surface area contributed by atoms with Gasteiger partial charge in [0.2, 0.25) is 0 Å². The lowest BCUT2D eigenvalue weighted by Gasteiger charge is -2.02. The Morgan fingerprint density at radius 2 is 2.27 bits per heavy atom. The van der Waals surface area contributed by atoms with Crippen LogP contribution in [0.25, 0.3) is 10.6 Å². The quantitative estimate of drug-likeness (QED) is 0.893. The predicted octanol–water partition coefficient (Wildman–Crippen LogP) is 3.29. The molecule has 2 heterocycles. The summed E-state index contributed by atoms with van der Waals surface area (Å²) >= 11 is 7.39. The molecule has 0 atom stereocenters. The molecular formula is C10H10ClN3S. The van der Waals surface area contributed by atoms with E-state index in [4.69, 9.17) is 11.6 Å². The molecule has 2 aromatic rings. The van der Waals surface area contributed by atoms with Gasteiger partial charge < -0.3 is 5.32 Å². The van der Waals surface area contributed by atoms with Crippen LogP contribution in [-0.4, -0.2) is 16.5 Å². The molecule has 0 spiro atoms. The van der Waals surface area contributed by atoms with Crippen LogP contribution >= 0.6 is 22.9 Å². The van der Waals surface area contributed by atoms with Gasteiger partial charge in [-0.15, -0.1) is 11.3 Å². The highest BCUT2D eigenvalue weighted by Crippen LogP contribution is 2.30. The first-order valence-electron chi connectivity index (χ1n) is 4.61. The van der Waals surface area contributed by atoms with E-state index in [1.807, 2.05) is 25.1 Å². The number of anilines is 1. The molecule has 0 unspecified atom stereocenters. The fourth-order valence-electron chi connectivity index (χ4n) is 1.22. The number of halogens is 1. The highest BCUT2D eigenvalue weighted by atomic mass is 35.5. The predicted molar refractivity (Wildman–Crippen MR) is 64.5 cm³/mol. The van der Waals surface area contributed by atoms with E-state index < -0.39 is 0 Å². The number of aromatic nitrogens is 2. The maximum absolute atomic E-state index is 5.87. The zero-order chi connectivity index (χ0) is 10.7. The molecule has 78 valence electrons. The average molecular weight is 240 g/mol. The van der Waals surface area contributed by atoms with Crippen LogP contribution in [0.2, 0.25) is 4.34 Å². The molecule has 0 radical (unpaired) electrons. The van der Waals surface area contributed by atoms with Gasteiger partial charge in [-0.3, -0.25) is 0 Å². The van der Waals surface area contributed by atoms with Crippen molar-refractivity contribution in [2.45, 2.75) is 6.92 Å². The maximum atomic E-state index is 5.87. The Morgan fingerprint density at radius 3 is 2.93 bits per heavy atom. The summed E-state index contributed by atoms with van der Waals surface area (Å²) in [6, 6.07) is 5.76. The van der Waals surface area contributed by atoms with Gasteiger partial charge in [-0.25, -0.2) is 9.97 Å². The van der Waals surface area contributed by atoms with Crippen molar-refractivity contribution in [2.75, 3.05) is 11.9 Å². The zero-order valence-electron chi connectivity index (χ0n) is 8.20. The topological polar surface area (TPSA) is 37.8 Å². The Labute approximate surface area is 97.2 Å². The van der Waals surface area contributed by atoms with Gasteiger partial charge >= 0.3 is 0 Å². The summed E-state index contributed by atoms with van der Waals surface area (Å²) in [5, 5.41) is 3.15. The third-order valence-electron chi connectivity index (χ3n) is 1.85. The number of hydrogen-bond acceptors (Lipinski definition) is 4. The molecule has 1 N–H and O–H groups in total. The fourth-order valence-corrected chi connectivity index (χ4v) is 2.23. The van der Waals surface area contributed by atoms with E-state index in [1.54, 1.807) is 6.33 Å². The van der Waals surface area contributed by atoms with Crippen LogP contribution in [0.1, 0.15) is 6.92 Å². The highest BCUT2D eigenvalue weighted by Gasteiger charge is 2.04. The second-order valence-corrected chi connectivity index (χ2v) is 4.64. The van der Waals surface area contributed by atoms with E-state index in [9.17, 15) is 0 Å². The molecule has 0 aliphatic heterocycles. The third-order valence-corrected chi connectivity index (χ3v) is 3.10. The van der Waals surface area contributed by atoms with Gasteiger partial charge in [0.05, 0.1) is 14.9 Å². The molecule has 15 heavy (non-hydrogen) atoms. The van der Waals surface area contributed by atoms with Gasteiger partial charge in [0.1, 0.15) is 12.1 Å². The summed E-state index contributed by atoms with van der Waals surface area (Å²) < 4.78 is 0.772. The minimum atomic E-state index is 0.772. The van der Waals surface area contributed by atoms with Crippen LogP contribution in [0.15, 0.2) is 24.5 Å². The Kier molecular flexibility index (Phi) is 3.18. The van der Waals surface area contributed by atoms with Crippen LogP contribution < -0.4 is 5.32 Å². The minimum absolute atomic E-state index is 0.772.